The summed E-state index contributed by atoms with van der Waals surface area (Å²) in [7, 11) is 0. The van der Waals surface area contributed by atoms with Crippen LogP contribution >= 0.6 is 0 Å². The number of anilines is 1. The minimum atomic E-state index is -1.33. The molecule has 0 saturated carbocycles. The van der Waals surface area contributed by atoms with Crippen molar-refractivity contribution in [1.29, 1.82) is 0 Å². The van der Waals surface area contributed by atoms with Gasteiger partial charge in [0.15, 0.2) is 0 Å². The lowest BCUT2D eigenvalue weighted by Crippen LogP contribution is -2.39. The quantitative estimate of drug-likeness (QED) is 0.529. The van der Waals surface area contributed by atoms with Crippen molar-refractivity contribution in [2.24, 2.45) is 11.7 Å². The van der Waals surface area contributed by atoms with E-state index in [1.807, 2.05) is 0 Å². The van der Waals surface area contributed by atoms with E-state index in [-0.39, 0.29) is 22.9 Å². The Morgan fingerprint density at radius 2 is 2.00 bits per heavy atom. The highest BCUT2D eigenvalue weighted by Gasteiger charge is 2.23. The van der Waals surface area contributed by atoms with Crippen LogP contribution in [0.3, 0.4) is 0 Å². The van der Waals surface area contributed by atoms with Crippen LogP contribution in [-0.2, 0) is 4.79 Å². The molecule has 1 atom stereocenters. The number of carboxylic acids is 1. The predicted octanol–water partition coefficient (Wildman–Crippen LogP) is 1.21. The Labute approximate surface area is 114 Å². The summed E-state index contributed by atoms with van der Waals surface area (Å²) in [6.45, 7) is 3.49. The summed E-state index contributed by atoms with van der Waals surface area (Å²) in [5.74, 6) is -2.12. The summed E-state index contributed by atoms with van der Waals surface area (Å²) >= 11 is 0. The van der Waals surface area contributed by atoms with Crippen molar-refractivity contribution in [2.45, 2.75) is 19.9 Å². The van der Waals surface area contributed by atoms with Gasteiger partial charge in [-0.1, -0.05) is 13.8 Å². The van der Waals surface area contributed by atoms with Crippen molar-refractivity contribution in [1.82, 2.24) is 0 Å². The van der Waals surface area contributed by atoms with Crippen molar-refractivity contribution < 1.29 is 19.6 Å². The fraction of sp³-hybridized carbons (Fsp3) is 0.333. The molecule has 8 heteroatoms. The molecule has 0 heterocycles. The number of carbonyl (C=O) groups is 2. The molecule has 1 rings (SSSR count). The normalized spacial score (nSPS) is 11.9. The molecule has 0 spiro atoms. The first-order chi connectivity index (χ1) is 9.23. The van der Waals surface area contributed by atoms with Crippen molar-refractivity contribution >= 4 is 23.3 Å². The third-order valence-corrected chi connectivity index (χ3v) is 2.73. The van der Waals surface area contributed by atoms with Crippen molar-refractivity contribution in [3.63, 3.8) is 0 Å². The molecule has 0 aliphatic carbocycles. The zero-order valence-corrected chi connectivity index (χ0v) is 11.0. The molecule has 8 nitrogen and oxygen atoms in total. The number of benzene rings is 1. The number of primary amides is 1. The Balaban J connectivity index is 3.20. The Morgan fingerprint density at radius 1 is 1.40 bits per heavy atom. The van der Waals surface area contributed by atoms with Crippen LogP contribution in [0.1, 0.15) is 24.2 Å². The summed E-state index contributed by atoms with van der Waals surface area (Å²) < 4.78 is 0. The van der Waals surface area contributed by atoms with Gasteiger partial charge >= 0.3 is 5.97 Å². The monoisotopic (exact) mass is 281 g/mol. The van der Waals surface area contributed by atoms with Gasteiger partial charge < -0.3 is 16.2 Å². The van der Waals surface area contributed by atoms with E-state index < -0.39 is 22.8 Å². The maximum Gasteiger partial charge on any atom is 0.338 e. The molecule has 20 heavy (non-hydrogen) atoms. The van der Waals surface area contributed by atoms with Crippen molar-refractivity contribution in [3.05, 3.63) is 33.9 Å². The number of nitro groups is 1. The number of nitro benzene ring substituents is 1. The van der Waals surface area contributed by atoms with Gasteiger partial charge in [0.1, 0.15) is 6.04 Å². The van der Waals surface area contributed by atoms with Gasteiger partial charge in [-0.3, -0.25) is 14.9 Å². The van der Waals surface area contributed by atoms with E-state index >= 15 is 0 Å². The van der Waals surface area contributed by atoms with Gasteiger partial charge in [-0.25, -0.2) is 4.79 Å². The molecule has 1 amide bonds. The summed E-state index contributed by atoms with van der Waals surface area (Å²) in [6, 6.07) is 2.57. The molecule has 108 valence electrons. The summed E-state index contributed by atoms with van der Waals surface area (Å²) in [5, 5.41) is 22.4. The zero-order valence-electron chi connectivity index (χ0n) is 11.0. The number of hydrogen-bond donors (Lipinski definition) is 3. The lowest BCUT2D eigenvalue weighted by Gasteiger charge is -2.21. The lowest BCUT2D eigenvalue weighted by molar-refractivity contribution is -0.384. The average Bonchev–Trinajstić information content (AvgIpc) is 2.34. The van der Waals surface area contributed by atoms with Gasteiger partial charge in [-0.2, -0.15) is 0 Å². The Kier molecular flexibility index (Phi) is 4.63. The van der Waals surface area contributed by atoms with Crippen LogP contribution in [0.25, 0.3) is 0 Å². The molecule has 0 saturated heterocycles. The van der Waals surface area contributed by atoms with E-state index in [2.05, 4.69) is 5.32 Å². The second-order valence-electron chi connectivity index (χ2n) is 4.56. The van der Waals surface area contributed by atoms with Crippen LogP contribution in [0.4, 0.5) is 11.4 Å². The van der Waals surface area contributed by atoms with Crippen LogP contribution < -0.4 is 11.1 Å². The van der Waals surface area contributed by atoms with E-state index in [1.165, 1.54) is 6.07 Å². The fourth-order valence-electron chi connectivity index (χ4n) is 1.68. The van der Waals surface area contributed by atoms with E-state index in [0.717, 1.165) is 12.1 Å². The van der Waals surface area contributed by atoms with E-state index in [4.69, 9.17) is 10.8 Å². The number of nitrogens with two attached hydrogens (primary N) is 1. The number of rotatable bonds is 6. The first-order valence-corrected chi connectivity index (χ1v) is 5.81. The molecule has 1 aromatic carbocycles. The van der Waals surface area contributed by atoms with Crippen LogP contribution in [0, 0.1) is 16.0 Å². The van der Waals surface area contributed by atoms with Crippen molar-refractivity contribution in [2.75, 3.05) is 5.32 Å². The number of hydrogen-bond acceptors (Lipinski definition) is 5. The van der Waals surface area contributed by atoms with Gasteiger partial charge in [0.05, 0.1) is 10.5 Å². The molecular weight excluding hydrogens is 266 g/mol. The molecule has 0 aromatic heterocycles. The van der Waals surface area contributed by atoms with Gasteiger partial charge in [-0.05, 0) is 12.0 Å². The standard InChI is InChI=1S/C12H15N3O5/c1-6(2)10(11(13)16)14-9-4-3-7(15(19)20)5-8(9)12(17)18/h3-6,10,14H,1-2H3,(H2,13,16)(H,17,18). The second kappa shape index (κ2) is 6.00. The number of non-ortho nitro benzene ring substituents is 1. The van der Waals surface area contributed by atoms with Gasteiger partial charge in [-0.15, -0.1) is 0 Å². The molecule has 4 N–H and O–H groups in total. The van der Waals surface area contributed by atoms with Gasteiger partial charge in [0.25, 0.3) is 5.69 Å². The van der Waals surface area contributed by atoms with Crippen molar-refractivity contribution in [3.8, 4) is 0 Å². The predicted molar refractivity (Wildman–Crippen MR) is 71.5 cm³/mol. The maximum atomic E-state index is 11.3. The molecule has 0 aliphatic heterocycles. The largest absolute Gasteiger partial charge is 0.478 e. The van der Waals surface area contributed by atoms with E-state index in [0.29, 0.717) is 0 Å². The first-order valence-electron chi connectivity index (χ1n) is 5.81. The van der Waals surface area contributed by atoms with Gasteiger partial charge in [0.2, 0.25) is 5.91 Å². The molecule has 0 fully saturated rings. The molecule has 0 radical (unpaired) electrons. The SMILES string of the molecule is CC(C)C(Nc1ccc([N+](=O)[O-])cc1C(=O)O)C(N)=O. The fourth-order valence-corrected chi connectivity index (χ4v) is 1.68. The Hall–Kier alpha value is -2.64. The first kappa shape index (κ1) is 15.4. The summed E-state index contributed by atoms with van der Waals surface area (Å²) in [4.78, 5) is 32.4. The van der Waals surface area contributed by atoms with E-state index in [1.54, 1.807) is 13.8 Å². The van der Waals surface area contributed by atoms with Gasteiger partial charge in [0, 0.05) is 17.8 Å². The average molecular weight is 281 g/mol. The minimum Gasteiger partial charge on any atom is -0.478 e. The summed E-state index contributed by atoms with van der Waals surface area (Å²) in [5.41, 5.74) is 4.72. The van der Waals surface area contributed by atoms with Crippen LogP contribution in [0.15, 0.2) is 18.2 Å². The summed E-state index contributed by atoms with van der Waals surface area (Å²) in [6.07, 6.45) is 0. The molecule has 0 aliphatic rings. The number of carboxylic acid groups (broad SMARTS) is 1. The highest BCUT2D eigenvalue weighted by atomic mass is 16.6. The second-order valence-corrected chi connectivity index (χ2v) is 4.56. The number of aromatic carboxylic acids is 1. The van der Waals surface area contributed by atoms with E-state index in [9.17, 15) is 19.7 Å². The Bertz CT molecular complexity index is 556. The minimum absolute atomic E-state index is 0.112. The molecule has 0 bridgehead atoms. The zero-order chi connectivity index (χ0) is 15.4. The third-order valence-electron chi connectivity index (χ3n) is 2.73. The number of amides is 1. The lowest BCUT2D eigenvalue weighted by atomic mass is 10.0. The number of nitrogens with zero attached hydrogens (tertiary/aromatic N) is 1. The number of carbonyl (C=O) groups excluding carboxylic acids is 1. The molecular formula is C12H15N3O5. The highest BCUT2D eigenvalue weighted by Crippen LogP contribution is 2.24. The Morgan fingerprint density at radius 3 is 2.40 bits per heavy atom. The van der Waals surface area contributed by atoms with Crippen LogP contribution in [-0.4, -0.2) is 27.9 Å². The van der Waals surface area contributed by atoms with Crippen LogP contribution in [0.2, 0.25) is 0 Å². The number of nitrogens with one attached hydrogen (secondary N) is 1. The molecule has 1 unspecified atom stereocenters. The maximum absolute atomic E-state index is 11.3. The molecule has 1 aromatic rings. The topological polar surface area (TPSA) is 136 Å². The smallest absolute Gasteiger partial charge is 0.338 e. The highest BCUT2D eigenvalue weighted by molar-refractivity contribution is 5.96. The third kappa shape index (κ3) is 3.44. The van der Waals surface area contributed by atoms with Crippen LogP contribution in [0.5, 0.6) is 0 Å².